The average molecular weight is 155 g/mol. The van der Waals surface area contributed by atoms with Gasteiger partial charge in [0.2, 0.25) is 0 Å². The largest absolute Gasteiger partial charge is 0.311 e. The van der Waals surface area contributed by atoms with Gasteiger partial charge < -0.3 is 5.32 Å². The quantitative estimate of drug-likeness (QED) is 0.459. The van der Waals surface area contributed by atoms with Crippen molar-refractivity contribution in [2.75, 3.05) is 6.54 Å². The van der Waals surface area contributed by atoms with E-state index in [1.165, 1.54) is 12.8 Å². The summed E-state index contributed by atoms with van der Waals surface area (Å²) in [4.78, 5) is 0. The van der Waals surface area contributed by atoms with E-state index in [2.05, 4.69) is 32.7 Å². The van der Waals surface area contributed by atoms with Gasteiger partial charge in [0.1, 0.15) is 0 Å². The van der Waals surface area contributed by atoms with Crippen LogP contribution >= 0.6 is 0 Å². The third-order valence-electron chi connectivity index (χ3n) is 1.78. The van der Waals surface area contributed by atoms with Crippen molar-refractivity contribution < 1.29 is 0 Å². The van der Waals surface area contributed by atoms with Crippen LogP contribution in [0.1, 0.15) is 33.6 Å². The Labute approximate surface area is 70.9 Å². The number of nitrogens with one attached hydrogen (secondary N) is 1. The summed E-state index contributed by atoms with van der Waals surface area (Å²) in [5, 5.41) is 3.37. The van der Waals surface area contributed by atoms with Crippen LogP contribution in [0, 0.1) is 5.92 Å². The lowest BCUT2D eigenvalue weighted by atomic mass is 10.1. The molecule has 11 heavy (non-hydrogen) atoms. The molecule has 66 valence electrons. The minimum absolute atomic E-state index is 0.460. The van der Waals surface area contributed by atoms with Crippen LogP contribution in [0.2, 0.25) is 0 Å². The first-order valence-electron chi connectivity index (χ1n) is 4.52. The molecule has 0 amide bonds. The van der Waals surface area contributed by atoms with Gasteiger partial charge in [0.25, 0.3) is 0 Å². The van der Waals surface area contributed by atoms with Gasteiger partial charge in [-0.05, 0) is 32.2 Å². The van der Waals surface area contributed by atoms with E-state index in [1.54, 1.807) is 0 Å². The van der Waals surface area contributed by atoms with E-state index in [1.807, 2.05) is 6.08 Å². The van der Waals surface area contributed by atoms with E-state index < -0.39 is 0 Å². The zero-order chi connectivity index (χ0) is 8.69. The molecule has 0 fully saturated rings. The van der Waals surface area contributed by atoms with Crippen LogP contribution in [-0.4, -0.2) is 12.6 Å². The molecule has 0 aromatic heterocycles. The van der Waals surface area contributed by atoms with Crippen LogP contribution in [0.15, 0.2) is 12.7 Å². The molecular formula is C10H21N. The summed E-state index contributed by atoms with van der Waals surface area (Å²) in [6.45, 7) is 11.5. The van der Waals surface area contributed by atoms with Crippen LogP contribution in [0.4, 0.5) is 0 Å². The van der Waals surface area contributed by atoms with Crippen molar-refractivity contribution >= 4 is 0 Å². The predicted octanol–water partition coefficient (Wildman–Crippen LogP) is 2.59. The van der Waals surface area contributed by atoms with Crippen molar-refractivity contribution in [1.29, 1.82) is 0 Å². The monoisotopic (exact) mass is 155 g/mol. The minimum Gasteiger partial charge on any atom is -0.311 e. The number of rotatable bonds is 6. The van der Waals surface area contributed by atoms with Crippen molar-refractivity contribution in [3.8, 4) is 0 Å². The standard InChI is InChI=1S/C10H21N/c1-5-10(4)11-8-6-7-9(2)3/h5,9-11H,1,6-8H2,2-4H3. The van der Waals surface area contributed by atoms with Gasteiger partial charge in [-0.1, -0.05) is 19.9 Å². The maximum absolute atomic E-state index is 3.71. The molecule has 1 N–H and O–H groups in total. The Balaban J connectivity index is 3.07. The minimum atomic E-state index is 0.460. The first kappa shape index (κ1) is 10.7. The van der Waals surface area contributed by atoms with Crippen molar-refractivity contribution in [1.82, 2.24) is 5.32 Å². The molecular weight excluding hydrogens is 134 g/mol. The van der Waals surface area contributed by atoms with Gasteiger partial charge in [0.05, 0.1) is 0 Å². The molecule has 0 radical (unpaired) electrons. The average Bonchev–Trinajstić information content (AvgIpc) is 1.97. The predicted molar refractivity (Wildman–Crippen MR) is 51.7 cm³/mol. The van der Waals surface area contributed by atoms with Gasteiger partial charge in [-0.3, -0.25) is 0 Å². The molecule has 0 spiro atoms. The van der Waals surface area contributed by atoms with Crippen LogP contribution in [0.5, 0.6) is 0 Å². The van der Waals surface area contributed by atoms with Crippen LogP contribution < -0.4 is 5.32 Å². The second-order valence-corrected chi connectivity index (χ2v) is 3.51. The summed E-state index contributed by atoms with van der Waals surface area (Å²) in [6.07, 6.45) is 4.53. The van der Waals surface area contributed by atoms with Crippen LogP contribution in [0.25, 0.3) is 0 Å². The highest BCUT2D eigenvalue weighted by molar-refractivity contribution is 4.80. The summed E-state index contributed by atoms with van der Waals surface area (Å²) in [7, 11) is 0. The van der Waals surface area contributed by atoms with Crippen molar-refractivity contribution in [2.24, 2.45) is 5.92 Å². The molecule has 0 rings (SSSR count). The molecule has 0 aliphatic carbocycles. The van der Waals surface area contributed by atoms with Gasteiger partial charge in [-0.25, -0.2) is 0 Å². The van der Waals surface area contributed by atoms with E-state index in [-0.39, 0.29) is 0 Å². The summed E-state index contributed by atoms with van der Waals surface area (Å²) >= 11 is 0. The summed E-state index contributed by atoms with van der Waals surface area (Å²) in [5.74, 6) is 0.829. The highest BCUT2D eigenvalue weighted by Crippen LogP contribution is 2.01. The van der Waals surface area contributed by atoms with Gasteiger partial charge in [-0.15, -0.1) is 6.58 Å². The van der Waals surface area contributed by atoms with Crippen LogP contribution in [-0.2, 0) is 0 Å². The first-order chi connectivity index (χ1) is 5.16. The van der Waals surface area contributed by atoms with E-state index >= 15 is 0 Å². The zero-order valence-electron chi connectivity index (χ0n) is 8.06. The SMILES string of the molecule is C=CC(C)NCCCC(C)C. The van der Waals surface area contributed by atoms with Gasteiger partial charge in [0, 0.05) is 6.04 Å². The maximum atomic E-state index is 3.71. The Morgan fingerprint density at radius 3 is 2.45 bits per heavy atom. The summed E-state index contributed by atoms with van der Waals surface area (Å²) < 4.78 is 0. The molecule has 0 aliphatic rings. The Hall–Kier alpha value is -0.300. The van der Waals surface area contributed by atoms with Crippen LogP contribution in [0.3, 0.4) is 0 Å². The molecule has 0 saturated heterocycles. The fraction of sp³-hybridized carbons (Fsp3) is 0.800. The fourth-order valence-electron chi connectivity index (χ4n) is 0.923. The number of hydrogen-bond donors (Lipinski definition) is 1. The van der Waals surface area contributed by atoms with Crippen molar-refractivity contribution in [3.63, 3.8) is 0 Å². The Kier molecular flexibility index (Phi) is 6.24. The summed E-state index contributed by atoms with van der Waals surface area (Å²) in [6, 6.07) is 0.460. The molecule has 1 unspecified atom stereocenters. The van der Waals surface area contributed by atoms with E-state index in [0.29, 0.717) is 6.04 Å². The van der Waals surface area contributed by atoms with Gasteiger partial charge in [-0.2, -0.15) is 0 Å². The lowest BCUT2D eigenvalue weighted by molar-refractivity contribution is 0.516. The highest BCUT2D eigenvalue weighted by atomic mass is 14.9. The Morgan fingerprint density at radius 2 is 2.00 bits per heavy atom. The molecule has 0 bridgehead atoms. The molecule has 1 atom stereocenters. The number of hydrogen-bond acceptors (Lipinski definition) is 1. The fourth-order valence-corrected chi connectivity index (χ4v) is 0.923. The van der Waals surface area contributed by atoms with E-state index in [0.717, 1.165) is 12.5 Å². The topological polar surface area (TPSA) is 12.0 Å². The second-order valence-electron chi connectivity index (χ2n) is 3.51. The molecule has 0 aromatic carbocycles. The second kappa shape index (κ2) is 6.41. The van der Waals surface area contributed by atoms with Crippen molar-refractivity contribution in [3.05, 3.63) is 12.7 Å². The first-order valence-corrected chi connectivity index (χ1v) is 4.52. The third kappa shape index (κ3) is 7.60. The Morgan fingerprint density at radius 1 is 1.36 bits per heavy atom. The van der Waals surface area contributed by atoms with E-state index in [4.69, 9.17) is 0 Å². The van der Waals surface area contributed by atoms with Crippen molar-refractivity contribution in [2.45, 2.75) is 39.7 Å². The molecule has 0 aromatic rings. The normalized spacial score (nSPS) is 13.5. The lowest BCUT2D eigenvalue weighted by Crippen LogP contribution is -2.24. The maximum Gasteiger partial charge on any atom is 0.0219 e. The smallest absolute Gasteiger partial charge is 0.0219 e. The summed E-state index contributed by atoms with van der Waals surface area (Å²) in [5.41, 5.74) is 0. The van der Waals surface area contributed by atoms with Gasteiger partial charge >= 0.3 is 0 Å². The zero-order valence-corrected chi connectivity index (χ0v) is 8.06. The molecule has 0 heterocycles. The lowest BCUT2D eigenvalue weighted by Gasteiger charge is -2.09. The van der Waals surface area contributed by atoms with E-state index in [9.17, 15) is 0 Å². The third-order valence-corrected chi connectivity index (χ3v) is 1.78. The molecule has 1 heteroatoms. The molecule has 1 nitrogen and oxygen atoms in total. The highest BCUT2D eigenvalue weighted by Gasteiger charge is 1.95. The Bertz CT molecular complexity index is 97.0. The van der Waals surface area contributed by atoms with Gasteiger partial charge in [0.15, 0.2) is 0 Å². The molecule has 0 aliphatic heterocycles. The molecule has 0 saturated carbocycles.